The zero-order valence-electron chi connectivity index (χ0n) is 33.0. The maximum atomic E-state index is 6.64. The van der Waals surface area contributed by atoms with Gasteiger partial charge in [0.25, 0.3) is 0 Å². The number of hydrogen-bond donors (Lipinski definition) is 0. The smallest absolute Gasteiger partial charge is 0.238 e. The molecule has 5 heterocycles. The molecular formula is C55H31N5O2. The Kier molecular flexibility index (Phi) is 6.71. The molecule has 0 N–H and O–H groups in total. The summed E-state index contributed by atoms with van der Waals surface area (Å²) in [5.74, 6) is 1.58. The normalized spacial score (nSPS) is 12.2. The molecule has 0 bridgehead atoms. The number of nitrogens with zero attached hydrogens (tertiary/aromatic N) is 5. The van der Waals surface area contributed by atoms with Crippen molar-refractivity contribution < 1.29 is 8.83 Å². The first-order valence-corrected chi connectivity index (χ1v) is 20.8. The SMILES string of the molecule is c1ccc2cc3c(cc2c1)c1ccccc1n3-c1cc2c(cc1-c1nc(-c3ccc4oc5ccccc5c4c3)nc(-n3c4ccccc4c4ccccc43)n1)oc1ccccc12. The number of aromatic nitrogens is 5. The molecule has 288 valence electrons. The predicted molar refractivity (Wildman–Crippen MR) is 251 cm³/mol. The minimum absolute atomic E-state index is 0.517. The highest BCUT2D eigenvalue weighted by Crippen LogP contribution is 2.42. The van der Waals surface area contributed by atoms with Crippen LogP contribution in [0.1, 0.15) is 0 Å². The molecular weight excluding hydrogens is 763 g/mol. The van der Waals surface area contributed by atoms with E-state index in [1.807, 2.05) is 42.5 Å². The van der Waals surface area contributed by atoms with Crippen LogP contribution in [0.5, 0.6) is 0 Å². The zero-order valence-corrected chi connectivity index (χ0v) is 33.0. The van der Waals surface area contributed by atoms with Gasteiger partial charge in [0.2, 0.25) is 5.95 Å². The van der Waals surface area contributed by atoms with Crippen molar-refractivity contribution >= 4 is 98.3 Å². The Morgan fingerprint density at radius 2 is 0.839 bits per heavy atom. The second-order valence-electron chi connectivity index (χ2n) is 16.0. The Morgan fingerprint density at radius 3 is 1.53 bits per heavy atom. The molecule has 7 nitrogen and oxygen atoms in total. The second kappa shape index (κ2) is 12.5. The van der Waals surface area contributed by atoms with E-state index in [9.17, 15) is 0 Å². The largest absolute Gasteiger partial charge is 0.456 e. The van der Waals surface area contributed by atoms with E-state index in [1.54, 1.807) is 0 Å². The Morgan fingerprint density at radius 1 is 0.323 bits per heavy atom. The highest BCUT2D eigenvalue weighted by molar-refractivity contribution is 6.15. The molecule has 0 aliphatic heterocycles. The lowest BCUT2D eigenvalue weighted by Crippen LogP contribution is -2.08. The summed E-state index contributed by atoms with van der Waals surface area (Å²) in [5, 5.41) is 11.0. The van der Waals surface area contributed by atoms with E-state index in [1.165, 1.54) is 21.5 Å². The Labute approximate surface area is 352 Å². The lowest BCUT2D eigenvalue weighted by atomic mass is 10.1. The van der Waals surface area contributed by atoms with Gasteiger partial charge in [-0.05, 0) is 83.6 Å². The van der Waals surface area contributed by atoms with Crippen LogP contribution in [0.4, 0.5) is 0 Å². The summed E-state index contributed by atoms with van der Waals surface area (Å²) >= 11 is 0. The number of fused-ring (bicyclic) bond motifs is 13. The number of rotatable bonds is 4. The zero-order chi connectivity index (χ0) is 40.5. The maximum Gasteiger partial charge on any atom is 0.238 e. The fraction of sp³-hybridized carbons (Fsp3) is 0. The van der Waals surface area contributed by atoms with Crippen molar-refractivity contribution in [1.82, 2.24) is 24.1 Å². The Bertz CT molecular complexity index is 4130. The van der Waals surface area contributed by atoms with Crippen LogP contribution in [0.2, 0.25) is 0 Å². The summed E-state index contributed by atoms with van der Waals surface area (Å²) in [6.45, 7) is 0. The fourth-order valence-corrected chi connectivity index (χ4v) is 9.76. The summed E-state index contributed by atoms with van der Waals surface area (Å²) in [5.41, 5.74) is 10.0. The Hall–Kier alpha value is -8.55. The minimum atomic E-state index is 0.517. The van der Waals surface area contributed by atoms with E-state index >= 15 is 0 Å². The molecule has 0 fully saturated rings. The third-order valence-electron chi connectivity index (χ3n) is 12.6. The summed E-state index contributed by atoms with van der Waals surface area (Å²) in [6.07, 6.45) is 0. The van der Waals surface area contributed by atoms with Crippen LogP contribution in [0.3, 0.4) is 0 Å². The van der Waals surface area contributed by atoms with Crippen LogP contribution >= 0.6 is 0 Å². The molecule has 62 heavy (non-hydrogen) atoms. The number of para-hydroxylation sites is 5. The number of benzene rings is 9. The van der Waals surface area contributed by atoms with E-state index in [4.69, 9.17) is 23.8 Å². The van der Waals surface area contributed by atoms with Gasteiger partial charge < -0.3 is 13.4 Å². The van der Waals surface area contributed by atoms with E-state index < -0.39 is 0 Å². The third-order valence-corrected chi connectivity index (χ3v) is 12.6. The van der Waals surface area contributed by atoms with Crippen LogP contribution in [0.25, 0.3) is 133 Å². The third kappa shape index (κ3) is 4.73. The topological polar surface area (TPSA) is 74.8 Å². The molecule has 9 aromatic carbocycles. The fourth-order valence-electron chi connectivity index (χ4n) is 9.76. The van der Waals surface area contributed by atoms with Gasteiger partial charge in [-0.1, -0.05) is 115 Å². The first-order valence-electron chi connectivity index (χ1n) is 20.8. The molecule has 14 rings (SSSR count). The summed E-state index contributed by atoms with van der Waals surface area (Å²) in [6, 6.07) is 65.7. The molecule has 0 amide bonds. The van der Waals surface area contributed by atoms with Crippen molar-refractivity contribution in [3.05, 3.63) is 188 Å². The average molecular weight is 794 g/mol. The van der Waals surface area contributed by atoms with Crippen molar-refractivity contribution in [2.45, 2.75) is 0 Å². The van der Waals surface area contributed by atoms with Crippen LogP contribution < -0.4 is 0 Å². The highest BCUT2D eigenvalue weighted by atomic mass is 16.3. The van der Waals surface area contributed by atoms with Gasteiger partial charge in [-0.15, -0.1) is 0 Å². The molecule has 7 heteroatoms. The molecule has 0 aliphatic rings. The van der Waals surface area contributed by atoms with Gasteiger partial charge in [0.15, 0.2) is 11.6 Å². The van der Waals surface area contributed by atoms with Gasteiger partial charge in [0.05, 0.1) is 27.8 Å². The summed E-state index contributed by atoms with van der Waals surface area (Å²) in [4.78, 5) is 16.3. The van der Waals surface area contributed by atoms with E-state index in [0.29, 0.717) is 17.6 Å². The summed E-state index contributed by atoms with van der Waals surface area (Å²) < 4.78 is 17.4. The van der Waals surface area contributed by atoms with Crippen LogP contribution in [0.15, 0.2) is 197 Å². The van der Waals surface area contributed by atoms with Gasteiger partial charge in [-0.25, -0.2) is 4.98 Å². The first kappa shape index (κ1) is 33.3. The van der Waals surface area contributed by atoms with Crippen LogP contribution in [-0.4, -0.2) is 24.1 Å². The molecule has 0 saturated heterocycles. The van der Waals surface area contributed by atoms with Crippen molar-refractivity contribution in [3.63, 3.8) is 0 Å². The van der Waals surface area contributed by atoms with E-state index in [-0.39, 0.29) is 0 Å². The first-order chi connectivity index (χ1) is 30.7. The lowest BCUT2D eigenvalue weighted by molar-refractivity contribution is 0.668. The molecule has 0 atom stereocenters. The average Bonchev–Trinajstić information content (AvgIpc) is 4.07. The molecule has 0 spiro atoms. The molecule has 0 saturated carbocycles. The van der Waals surface area contributed by atoms with Gasteiger partial charge in [0.1, 0.15) is 22.3 Å². The predicted octanol–water partition coefficient (Wildman–Crippen LogP) is 14.4. The van der Waals surface area contributed by atoms with Gasteiger partial charge in [0, 0.05) is 54.2 Å². The number of furan rings is 2. The van der Waals surface area contributed by atoms with Crippen LogP contribution in [-0.2, 0) is 0 Å². The lowest BCUT2D eigenvalue weighted by Gasteiger charge is -2.16. The van der Waals surface area contributed by atoms with Crippen molar-refractivity contribution in [1.29, 1.82) is 0 Å². The van der Waals surface area contributed by atoms with Gasteiger partial charge in [-0.3, -0.25) is 4.57 Å². The van der Waals surface area contributed by atoms with E-state index in [0.717, 1.165) is 93.5 Å². The number of hydrogen-bond acceptors (Lipinski definition) is 5. The van der Waals surface area contributed by atoms with Gasteiger partial charge in [-0.2, -0.15) is 9.97 Å². The minimum Gasteiger partial charge on any atom is -0.456 e. The standard InChI is InChI=1S/C55H31N5O2/c1-2-14-33-29-47-40(27-32(33)13-1)37-17-5-8-20-44(37)59(47)48-30-42-39-19-7-12-24-50(39)62-52(42)31-43(48)54-56-53(34-25-26-51-41(28-34)38-18-6-11-23-49(38)61-51)57-55(58-54)60-45-21-9-3-15-35(45)36-16-4-10-22-46(36)60/h1-31H. The highest BCUT2D eigenvalue weighted by Gasteiger charge is 2.24. The summed E-state index contributed by atoms with van der Waals surface area (Å²) in [7, 11) is 0. The second-order valence-corrected chi connectivity index (χ2v) is 16.0. The van der Waals surface area contributed by atoms with Crippen molar-refractivity contribution in [3.8, 4) is 34.4 Å². The van der Waals surface area contributed by atoms with Crippen molar-refractivity contribution in [2.75, 3.05) is 0 Å². The monoisotopic (exact) mass is 793 g/mol. The van der Waals surface area contributed by atoms with Crippen LogP contribution in [0, 0.1) is 0 Å². The molecule has 14 aromatic rings. The molecule has 0 unspecified atom stereocenters. The van der Waals surface area contributed by atoms with Crippen molar-refractivity contribution in [2.24, 2.45) is 0 Å². The molecule has 0 aliphatic carbocycles. The Balaban J connectivity index is 1.12. The molecule has 0 radical (unpaired) electrons. The van der Waals surface area contributed by atoms with Gasteiger partial charge >= 0.3 is 0 Å². The van der Waals surface area contributed by atoms with E-state index in [2.05, 4.69) is 155 Å². The molecule has 5 aromatic heterocycles. The quantitative estimate of drug-likeness (QED) is 0.177. The maximum absolute atomic E-state index is 6.64.